The van der Waals surface area contributed by atoms with Crippen molar-refractivity contribution in [2.24, 2.45) is 5.92 Å². The van der Waals surface area contributed by atoms with Gasteiger partial charge in [0.05, 0.1) is 0 Å². The van der Waals surface area contributed by atoms with Crippen LogP contribution in [0.5, 0.6) is 11.8 Å². The topological polar surface area (TPSA) is 45.4 Å². The van der Waals surface area contributed by atoms with Gasteiger partial charge in [-0.1, -0.05) is 37.5 Å². The van der Waals surface area contributed by atoms with Crippen LogP contribution in [0.3, 0.4) is 0 Å². The molecule has 0 spiro atoms. The molecule has 0 amide bonds. The first-order chi connectivity index (χ1) is 10.7. The Hall–Kier alpha value is -1.64. The lowest BCUT2D eigenvalue weighted by Gasteiger charge is -2.31. The third-order valence-electron chi connectivity index (χ3n) is 5.99. The zero-order valence-corrected chi connectivity index (χ0v) is 13.0. The smallest absolute Gasteiger partial charge is 0.198 e. The Morgan fingerprint density at radius 3 is 2.23 bits per heavy atom. The van der Waals surface area contributed by atoms with E-state index in [1.807, 2.05) is 10.6 Å². The first-order valence-electron chi connectivity index (χ1n) is 8.67. The minimum absolute atomic E-state index is 0.141. The van der Waals surface area contributed by atoms with Crippen LogP contribution in [-0.4, -0.2) is 14.8 Å². The van der Waals surface area contributed by atoms with Crippen molar-refractivity contribution >= 4 is 0 Å². The maximum Gasteiger partial charge on any atom is 0.198 e. The van der Waals surface area contributed by atoms with Crippen LogP contribution in [0, 0.1) is 5.92 Å². The number of nitrogens with zero attached hydrogens (tertiary/aromatic N) is 1. The average molecular weight is 299 g/mol. The molecule has 3 heteroatoms. The van der Waals surface area contributed by atoms with Crippen LogP contribution in [0.25, 0.3) is 0 Å². The fourth-order valence-electron chi connectivity index (χ4n) is 4.97. The lowest BCUT2D eigenvalue weighted by atomic mass is 9.82. The molecule has 0 aromatic carbocycles. The zero-order valence-electron chi connectivity index (χ0n) is 13.0. The van der Waals surface area contributed by atoms with Crippen LogP contribution >= 0.6 is 0 Å². The van der Waals surface area contributed by atoms with E-state index >= 15 is 0 Å². The molecular formula is C19H25NO2. The van der Waals surface area contributed by atoms with Gasteiger partial charge in [-0.15, -0.1) is 6.58 Å². The summed E-state index contributed by atoms with van der Waals surface area (Å²) in [6.07, 6.45) is 14.3. The Morgan fingerprint density at radius 1 is 1.09 bits per heavy atom. The monoisotopic (exact) mass is 299 g/mol. The summed E-state index contributed by atoms with van der Waals surface area (Å²) in [6.45, 7) is 3.90. The van der Waals surface area contributed by atoms with Gasteiger partial charge in [-0.25, -0.2) is 0 Å². The Labute approximate surface area is 132 Å². The van der Waals surface area contributed by atoms with Gasteiger partial charge in [0.1, 0.15) is 0 Å². The number of aromatic hydroxyl groups is 2. The Kier molecular flexibility index (Phi) is 3.32. The van der Waals surface area contributed by atoms with Gasteiger partial charge in [-0.3, -0.25) is 4.57 Å². The molecular weight excluding hydrogens is 274 g/mol. The van der Waals surface area contributed by atoms with E-state index in [9.17, 15) is 10.2 Å². The molecule has 3 nitrogen and oxygen atoms in total. The number of aromatic nitrogens is 1. The number of fused-ring (bicyclic) bond motifs is 5. The van der Waals surface area contributed by atoms with Gasteiger partial charge >= 0.3 is 0 Å². The molecule has 22 heavy (non-hydrogen) atoms. The number of hydrogen-bond acceptors (Lipinski definition) is 2. The van der Waals surface area contributed by atoms with Crippen molar-refractivity contribution in [3.63, 3.8) is 0 Å². The Bertz CT molecular complexity index is 586. The van der Waals surface area contributed by atoms with E-state index < -0.39 is 0 Å². The van der Waals surface area contributed by atoms with Crippen LogP contribution in [0.4, 0.5) is 0 Å². The van der Waals surface area contributed by atoms with Crippen molar-refractivity contribution < 1.29 is 10.2 Å². The highest BCUT2D eigenvalue weighted by Crippen LogP contribution is 2.58. The minimum Gasteiger partial charge on any atom is -0.494 e. The molecule has 0 saturated heterocycles. The fourth-order valence-corrected chi connectivity index (χ4v) is 4.97. The first-order valence-corrected chi connectivity index (χ1v) is 8.67. The van der Waals surface area contributed by atoms with Gasteiger partial charge < -0.3 is 10.2 Å². The molecule has 3 atom stereocenters. The maximum absolute atomic E-state index is 10.8. The molecule has 1 fully saturated rings. The van der Waals surface area contributed by atoms with E-state index in [-0.39, 0.29) is 6.04 Å². The second-order valence-corrected chi connectivity index (χ2v) is 7.17. The summed E-state index contributed by atoms with van der Waals surface area (Å²) in [4.78, 5) is 0. The summed E-state index contributed by atoms with van der Waals surface area (Å²) in [5.41, 5.74) is 1.96. The van der Waals surface area contributed by atoms with Crippen molar-refractivity contribution in [2.75, 3.05) is 0 Å². The van der Waals surface area contributed by atoms with Gasteiger partial charge in [0, 0.05) is 29.0 Å². The van der Waals surface area contributed by atoms with Crippen LogP contribution < -0.4 is 0 Å². The first kappa shape index (κ1) is 14.0. The fraction of sp³-hybridized carbons (Fsp3) is 0.579. The minimum atomic E-state index is 0.141. The molecule has 2 bridgehead atoms. The third-order valence-corrected chi connectivity index (χ3v) is 5.99. The lowest BCUT2D eigenvalue weighted by Crippen LogP contribution is -2.21. The molecule has 4 rings (SSSR count). The average Bonchev–Trinajstić information content (AvgIpc) is 3.21. The van der Waals surface area contributed by atoms with Crippen LogP contribution in [0.1, 0.15) is 74.0 Å². The molecule has 1 heterocycles. The van der Waals surface area contributed by atoms with Gasteiger partial charge in [0.15, 0.2) is 11.8 Å². The van der Waals surface area contributed by atoms with E-state index in [4.69, 9.17) is 0 Å². The quantitative estimate of drug-likeness (QED) is 0.789. The van der Waals surface area contributed by atoms with Gasteiger partial charge in [0.25, 0.3) is 0 Å². The summed E-state index contributed by atoms with van der Waals surface area (Å²) in [5.74, 6) is 1.73. The predicted octanol–water partition coefficient (Wildman–Crippen LogP) is 4.74. The number of rotatable bonds is 4. The molecule has 0 aliphatic heterocycles. The summed E-state index contributed by atoms with van der Waals surface area (Å²) in [6, 6.07) is 0.141. The third kappa shape index (κ3) is 1.87. The van der Waals surface area contributed by atoms with Crippen LogP contribution in [0.2, 0.25) is 0 Å². The molecule has 1 saturated carbocycles. The highest BCUT2D eigenvalue weighted by Gasteiger charge is 2.42. The van der Waals surface area contributed by atoms with E-state index in [0.29, 0.717) is 29.5 Å². The highest BCUT2D eigenvalue weighted by molar-refractivity contribution is 5.59. The standard InChI is InChI=1S/C19H25NO2/c1-2-6-15(12-7-4-3-5-8-12)20-18(21)16-13-9-10-14(11-13)17(16)19(20)22/h2,9-10,12-15,21-22H,1,3-8,11H2. The second-order valence-electron chi connectivity index (χ2n) is 7.17. The summed E-state index contributed by atoms with van der Waals surface area (Å²) < 4.78 is 1.83. The van der Waals surface area contributed by atoms with Crippen molar-refractivity contribution in [1.82, 2.24) is 4.57 Å². The molecule has 1 aromatic rings. The van der Waals surface area contributed by atoms with Crippen molar-refractivity contribution in [1.29, 1.82) is 0 Å². The van der Waals surface area contributed by atoms with Crippen LogP contribution in [-0.2, 0) is 0 Å². The van der Waals surface area contributed by atoms with Crippen molar-refractivity contribution in [2.45, 2.75) is 62.8 Å². The van der Waals surface area contributed by atoms with Crippen LogP contribution in [0.15, 0.2) is 24.8 Å². The number of hydrogen-bond donors (Lipinski definition) is 2. The predicted molar refractivity (Wildman–Crippen MR) is 87.4 cm³/mol. The van der Waals surface area contributed by atoms with Crippen molar-refractivity contribution in [3.05, 3.63) is 35.9 Å². The van der Waals surface area contributed by atoms with Gasteiger partial charge in [-0.05, 0) is 31.6 Å². The summed E-state index contributed by atoms with van der Waals surface area (Å²) in [5, 5.41) is 21.6. The summed E-state index contributed by atoms with van der Waals surface area (Å²) in [7, 11) is 0. The zero-order chi connectivity index (χ0) is 15.3. The summed E-state index contributed by atoms with van der Waals surface area (Å²) >= 11 is 0. The maximum atomic E-state index is 10.8. The molecule has 1 aromatic heterocycles. The van der Waals surface area contributed by atoms with E-state index in [0.717, 1.165) is 24.0 Å². The Morgan fingerprint density at radius 2 is 1.68 bits per heavy atom. The largest absolute Gasteiger partial charge is 0.494 e. The van der Waals surface area contributed by atoms with E-state index in [1.54, 1.807) is 0 Å². The Balaban J connectivity index is 1.76. The lowest BCUT2D eigenvalue weighted by molar-refractivity contribution is 0.217. The number of allylic oxidation sites excluding steroid dienone is 3. The molecule has 3 aliphatic carbocycles. The second kappa shape index (κ2) is 5.22. The molecule has 118 valence electrons. The normalized spacial score (nSPS) is 28.0. The molecule has 0 radical (unpaired) electrons. The van der Waals surface area contributed by atoms with Gasteiger partial charge in [0.2, 0.25) is 0 Å². The van der Waals surface area contributed by atoms with E-state index in [1.165, 1.54) is 32.1 Å². The van der Waals surface area contributed by atoms with Crippen molar-refractivity contribution in [3.8, 4) is 11.8 Å². The van der Waals surface area contributed by atoms with E-state index in [2.05, 4.69) is 18.7 Å². The van der Waals surface area contributed by atoms with Gasteiger partial charge in [-0.2, -0.15) is 0 Å². The SMILES string of the molecule is C=CCC(C1CCCCC1)n1c(O)c2c(c1O)C1C=CC2C1. The molecule has 2 N–H and O–H groups in total. The highest BCUT2D eigenvalue weighted by atomic mass is 16.3. The molecule has 3 aliphatic rings. The molecule has 3 unspecified atom stereocenters.